The molecule has 7 heteroatoms. The van der Waals surface area contributed by atoms with Crippen LogP contribution < -0.4 is 4.90 Å². The summed E-state index contributed by atoms with van der Waals surface area (Å²) in [5.41, 5.74) is 4.64. The van der Waals surface area contributed by atoms with Crippen LogP contribution in [0.2, 0.25) is 0 Å². The summed E-state index contributed by atoms with van der Waals surface area (Å²) in [4.78, 5) is 25.0. The number of anilines is 1. The van der Waals surface area contributed by atoms with Crippen molar-refractivity contribution >= 4 is 22.4 Å². The molecule has 0 saturated carbocycles. The molecule has 0 aromatic carbocycles. The third-order valence-electron chi connectivity index (χ3n) is 4.62. The average molecular weight is 353 g/mol. The third kappa shape index (κ3) is 2.55. The molecule has 6 nitrogen and oxygen atoms in total. The van der Waals surface area contributed by atoms with E-state index in [9.17, 15) is 4.79 Å². The lowest BCUT2D eigenvalue weighted by Gasteiger charge is -2.18. The maximum Gasteiger partial charge on any atom is 0.261 e. The van der Waals surface area contributed by atoms with E-state index >= 15 is 0 Å². The minimum absolute atomic E-state index is 0.0504. The number of nitrogens with zero attached hydrogens (tertiary/aromatic N) is 5. The van der Waals surface area contributed by atoms with Gasteiger partial charge in [-0.3, -0.25) is 19.4 Å². The van der Waals surface area contributed by atoms with Crippen LogP contribution in [0.25, 0.3) is 11.3 Å². The SMILES string of the molecule is CCN(C(=O)c1cccnc1C)c1nc2c(s1)CCc1c-2cnn1C. The molecule has 25 heavy (non-hydrogen) atoms. The van der Waals surface area contributed by atoms with Crippen molar-refractivity contribution in [2.75, 3.05) is 11.4 Å². The first-order chi connectivity index (χ1) is 12.1. The van der Waals surface area contributed by atoms with Crippen molar-refractivity contribution in [3.63, 3.8) is 0 Å². The molecule has 1 amide bonds. The van der Waals surface area contributed by atoms with E-state index in [4.69, 9.17) is 4.98 Å². The molecule has 0 saturated heterocycles. The van der Waals surface area contributed by atoms with Gasteiger partial charge in [0, 0.05) is 41.6 Å². The number of hydrogen-bond donors (Lipinski definition) is 0. The Kier molecular flexibility index (Phi) is 3.88. The zero-order chi connectivity index (χ0) is 17.6. The van der Waals surface area contributed by atoms with Crippen molar-refractivity contribution in [1.29, 1.82) is 0 Å². The summed E-state index contributed by atoms with van der Waals surface area (Å²) in [5, 5.41) is 5.11. The van der Waals surface area contributed by atoms with Crippen LogP contribution in [0, 0.1) is 6.92 Å². The second-order valence-corrected chi connectivity index (χ2v) is 7.14. The Balaban J connectivity index is 1.74. The fourth-order valence-corrected chi connectivity index (χ4v) is 4.38. The number of amides is 1. The normalized spacial score (nSPS) is 12.6. The molecular weight excluding hydrogens is 334 g/mol. The number of pyridine rings is 1. The molecule has 128 valence electrons. The minimum Gasteiger partial charge on any atom is -0.284 e. The molecule has 1 aliphatic rings. The van der Waals surface area contributed by atoms with Gasteiger partial charge < -0.3 is 0 Å². The van der Waals surface area contributed by atoms with Gasteiger partial charge in [-0.15, -0.1) is 11.3 Å². The van der Waals surface area contributed by atoms with Crippen LogP contribution in [0.4, 0.5) is 5.13 Å². The highest BCUT2D eigenvalue weighted by Gasteiger charge is 2.27. The summed E-state index contributed by atoms with van der Waals surface area (Å²) in [6, 6.07) is 3.61. The second kappa shape index (κ2) is 6.07. The van der Waals surface area contributed by atoms with Crippen LogP contribution >= 0.6 is 11.3 Å². The van der Waals surface area contributed by atoms with E-state index < -0.39 is 0 Å². The first kappa shape index (κ1) is 16.0. The average Bonchev–Trinajstić information content (AvgIpc) is 3.19. The Bertz CT molecular complexity index is 958. The highest BCUT2D eigenvalue weighted by atomic mass is 32.1. The number of carbonyl (C=O) groups excluding carboxylic acids is 1. The number of rotatable bonds is 3. The van der Waals surface area contributed by atoms with Crippen LogP contribution in [0.3, 0.4) is 0 Å². The number of carbonyl (C=O) groups is 1. The van der Waals surface area contributed by atoms with Gasteiger partial charge in [-0.05, 0) is 38.8 Å². The molecule has 0 unspecified atom stereocenters. The van der Waals surface area contributed by atoms with Crippen molar-refractivity contribution in [3.8, 4) is 11.3 Å². The molecule has 3 heterocycles. The van der Waals surface area contributed by atoms with E-state index in [0.29, 0.717) is 12.1 Å². The van der Waals surface area contributed by atoms with Crippen LogP contribution in [-0.2, 0) is 19.9 Å². The summed E-state index contributed by atoms with van der Waals surface area (Å²) in [6.45, 7) is 4.40. The Hall–Kier alpha value is -2.54. The van der Waals surface area contributed by atoms with E-state index in [0.717, 1.165) is 34.9 Å². The van der Waals surface area contributed by atoms with Crippen molar-refractivity contribution < 1.29 is 4.79 Å². The molecule has 0 atom stereocenters. The maximum atomic E-state index is 13.0. The fourth-order valence-electron chi connectivity index (χ4n) is 3.25. The monoisotopic (exact) mass is 353 g/mol. The highest BCUT2D eigenvalue weighted by molar-refractivity contribution is 7.16. The standard InChI is InChI=1S/C18H19N5OS/c1-4-23(17(24)12-6-5-9-19-11(12)2)18-21-16-13-10-20-22(3)14(13)7-8-15(16)25-18/h5-6,9-10H,4,7-8H2,1-3H3. The summed E-state index contributed by atoms with van der Waals surface area (Å²) in [5.74, 6) is -0.0504. The Labute approximate surface area is 150 Å². The number of aryl methyl sites for hydroxylation is 3. The zero-order valence-corrected chi connectivity index (χ0v) is 15.3. The maximum absolute atomic E-state index is 13.0. The van der Waals surface area contributed by atoms with E-state index in [1.807, 2.05) is 37.8 Å². The predicted molar refractivity (Wildman–Crippen MR) is 98.0 cm³/mol. The van der Waals surface area contributed by atoms with E-state index in [1.165, 1.54) is 10.6 Å². The Morgan fingerprint density at radius 2 is 2.24 bits per heavy atom. The smallest absolute Gasteiger partial charge is 0.261 e. The van der Waals surface area contributed by atoms with Crippen LogP contribution in [0.15, 0.2) is 24.5 Å². The lowest BCUT2D eigenvalue weighted by molar-refractivity contribution is 0.0987. The van der Waals surface area contributed by atoms with Crippen LogP contribution in [-0.4, -0.2) is 32.2 Å². The Morgan fingerprint density at radius 1 is 1.40 bits per heavy atom. The summed E-state index contributed by atoms with van der Waals surface area (Å²) in [7, 11) is 1.96. The van der Waals surface area contributed by atoms with Gasteiger partial charge in [0.1, 0.15) is 0 Å². The third-order valence-corrected chi connectivity index (χ3v) is 5.76. The molecule has 0 spiro atoms. The number of hydrogen-bond acceptors (Lipinski definition) is 5. The highest BCUT2D eigenvalue weighted by Crippen LogP contribution is 2.39. The van der Waals surface area contributed by atoms with Gasteiger partial charge in [-0.25, -0.2) is 4.98 Å². The van der Waals surface area contributed by atoms with Gasteiger partial charge in [-0.1, -0.05) is 0 Å². The first-order valence-corrected chi connectivity index (χ1v) is 9.16. The summed E-state index contributed by atoms with van der Waals surface area (Å²) >= 11 is 1.61. The Morgan fingerprint density at radius 3 is 3.00 bits per heavy atom. The van der Waals surface area contributed by atoms with Crippen molar-refractivity contribution in [2.24, 2.45) is 7.05 Å². The molecule has 0 radical (unpaired) electrons. The molecule has 0 fully saturated rings. The van der Waals surface area contributed by atoms with Gasteiger partial charge in [0.25, 0.3) is 5.91 Å². The van der Waals surface area contributed by atoms with Crippen molar-refractivity contribution in [2.45, 2.75) is 26.7 Å². The predicted octanol–water partition coefficient (Wildman–Crippen LogP) is 3.01. The molecule has 1 aliphatic carbocycles. The molecule has 0 N–H and O–H groups in total. The quantitative estimate of drug-likeness (QED) is 0.726. The molecule has 4 rings (SSSR count). The van der Waals surface area contributed by atoms with Gasteiger partial charge >= 0.3 is 0 Å². The summed E-state index contributed by atoms with van der Waals surface area (Å²) in [6.07, 6.45) is 5.48. The molecule has 0 bridgehead atoms. The van der Waals surface area contributed by atoms with Crippen LogP contribution in [0.1, 0.15) is 33.5 Å². The molecular formula is C18H19N5OS. The largest absolute Gasteiger partial charge is 0.284 e. The lowest BCUT2D eigenvalue weighted by Crippen LogP contribution is -2.31. The van der Waals surface area contributed by atoms with Crippen molar-refractivity contribution in [1.82, 2.24) is 19.7 Å². The van der Waals surface area contributed by atoms with E-state index in [-0.39, 0.29) is 5.91 Å². The number of fused-ring (bicyclic) bond motifs is 3. The van der Waals surface area contributed by atoms with Crippen LogP contribution in [0.5, 0.6) is 0 Å². The number of thiazole rings is 1. The van der Waals surface area contributed by atoms with E-state index in [1.54, 1.807) is 28.5 Å². The lowest BCUT2D eigenvalue weighted by atomic mass is 10.0. The number of aromatic nitrogens is 4. The second-order valence-electron chi connectivity index (χ2n) is 6.08. The minimum atomic E-state index is -0.0504. The van der Waals surface area contributed by atoms with Gasteiger partial charge in [0.05, 0.1) is 17.5 Å². The van der Waals surface area contributed by atoms with Crippen molar-refractivity contribution in [3.05, 3.63) is 46.4 Å². The summed E-state index contributed by atoms with van der Waals surface area (Å²) < 4.78 is 1.92. The topological polar surface area (TPSA) is 63.9 Å². The molecule has 3 aromatic heterocycles. The molecule has 3 aromatic rings. The van der Waals surface area contributed by atoms with E-state index in [2.05, 4.69) is 10.1 Å². The van der Waals surface area contributed by atoms with Gasteiger partial charge in [0.2, 0.25) is 0 Å². The zero-order valence-electron chi connectivity index (χ0n) is 14.5. The van der Waals surface area contributed by atoms with Gasteiger partial charge in [-0.2, -0.15) is 5.10 Å². The molecule has 0 aliphatic heterocycles. The fraction of sp³-hybridized carbons (Fsp3) is 0.333. The van der Waals surface area contributed by atoms with Gasteiger partial charge in [0.15, 0.2) is 5.13 Å². The first-order valence-electron chi connectivity index (χ1n) is 8.34.